The van der Waals surface area contributed by atoms with Crippen LogP contribution >= 0.6 is 0 Å². The Morgan fingerprint density at radius 3 is 1.86 bits per heavy atom. The monoisotopic (exact) mass is 109 g/mol. The maximum Gasteiger partial charge on any atom is 0.291 e. The zero-order valence-electron chi connectivity index (χ0n) is 3.14. The fourth-order valence-electron chi connectivity index (χ4n) is 0. The van der Waals surface area contributed by atoms with E-state index in [0.29, 0.717) is 0 Å². The van der Waals surface area contributed by atoms with Crippen LogP contribution in [0.4, 0.5) is 0 Å². The van der Waals surface area contributed by atoms with E-state index < -0.39 is 5.09 Å². The standard InChI is InChI=1S/H2N2O.HNO3/c1-2-3;2-1(3)4/h(H2,1,3);(H,2,3,4). The molecular weight excluding hydrogens is 106 g/mol. The maximum atomic E-state index is 8.36. The first-order chi connectivity index (χ1) is 3.15. The van der Waals surface area contributed by atoms with Crippen molar-refractivity contribution in [3.05, 3.63) is 15.0 Å². The number of rotatable bonds is 0. The van der Waals surface area contributed by atoms with Crippen LogP contribution in [0.15, 0.2) is 5.29 Å². The minimum atomic E-state index is -1.50. The number of nitrogens with two attached hydrogens (primary N) is 1. The molecule has 7 heteroatoms. The summed E-state index contributed by atoms with van der Waals surface area (Å²) in [5.74, 6) is 3.92. The SMILES string of the molecule is NN=O.O=[N+]([O-])O. The fraction of sp³-hybridized carbons (Fsp3) is 0. The lowest BCUT2D eigenvalue weighted by molar-refractivity contribution is -0.742. The normalized spacial score (nSPS) is 5.14. The average molecular weight is 109 g/mol. The minimum absolute atomic E-state index is 1.50. The van der Waals surface area contributed by atoms with Crippen LogP contribution in [0, 0.1) is 15.0 Å². The van der Waals surface area contributed by atoms with E-state index in [-0.39, 0.29) is 0 Å². The van der Waals surface area contributed by atoms with Crippen molar-refractivity contribution in [3.63, 3.8) is 0 Å². The number of hydrogen-bond acceptors (Lipinski definition) is 4. The number of nitroso groups, excluding NO2 is 1. The van der Waals surface area contributed by atoms with Crippen LogP contribution in [0.3, 0.4) is 0 Å². The van der Waals surface area contributed by atoms with Crippen LogP contribution < -0.4 is 5.84 Å². The molecule has 0 fully saturated rings. The molecule has 3 N–H and O–H groups in total. The highest BCUT2D eigenvalue weighted by Gasteiger charge is 1.65. The van der Waals surface area contributed by atoms with Crippen LogP contribution in [0.1, 0.15) is 0 Å². The van der Waals surface area contributed by atoms with Gasteiger partial charge < -0.3 is 5.21 Å². The zero-order valence-corrected chi connectivity index (χ0v) is 3.14. The Morgan fingerprint density at radius 1 is 1.86 bits per heavy atom. The van der Waals surface area contributed by atoms with Gasteiger partial charge in [0.25, 0.3) is 5.09 Å². The fourth-order valence-corrected chi connectivity index (χ4v) is 0. The summed E-state index contributed by atoms with van der Waals surface area (Å²) < 4.78 is 0. The molecule has 0 radical (unpaired) electrons. The van der Waals surface area contributed by atoms with Crippen molar-refractivity contribution in [2.75, 3.05) is 0 Å². The van der Waals surface area contributed by atoms with E-state index in [4.69, 9.17) is 20.2 Å². The van der Waals surface area contributed by atoms with Gasteiger partial charge in [0.1, 0.15) is 0 Å². The van der Waals surface area contributed by atoms with E-state index in [9.17, 15) is 0 Å². The van der Waals surface area contributed by atoms with Gasteiger partial charge in [-0.1, -0.05) is 0 Å². The van der Waals surface area contributed by atoms with Gasteiger partial charge in [-0.15, -0.1) is 15.0 Å². The lowest BCUT2D eigenvalue weighted by atomic mass is 12.9. The molecule has 0 saturated heterocycles. The van der Waals surface area contributed by atoms with Gasteiger partial charge in [0.15, 0.2) is 0 Å². The van der Waals surface area contributed by atoms with Gasteiger partial charge in [-0.2, -0.15) is 0 Å². The predicted octanol–water partition coefficient (Wildman–Crippen LogP) is -0.721. The Labute approximate surface area is 37.8 Å². The molecule has 0 aliphatic heterocycles. The highest BCUT2D eigenvalue weighted by atomic mass is 16.9. The van der Waals surface area contributed by atoms with Gasteiger partial charge in [0.2, 0.25) is 0 Å². The Kier molecular flexibility index (Phi) is 11.5. The summed E-state index contributed by atoms with van der Waals surface area (Å²) in [6.45, 7) is 0. The second kappa shape index (κ2) is 8.82. The molecule has 0 rings (SSSR count). The van der Waals surface area contributed by atoms with Crippen molar-refractivity contribution in [3.8, 4) is 0 Å². The van der Waals surface area contributed by atoms with Crippen molar-refractivity contribution in [1.82, 2.24) is 0 Å². The molecule has 0 bridgehead atoms. The summed E-state index contributed by atoms with van der Waals surface area (Å²) >= 11 is 0. The highest BCUT2D eigenvalue weighted by Crippen LogP contribution is 1.38. The van der Waals surface area contributed by atoms with Crippen molar-refractivity contribution >= 4 is 0 Å². The van der Waals surface area contributed by atoms with Crippen molar-refractivity contribution < 1.29 is 10.3 Å². The van der Waals surface area contributed by atoms with E-state index in [2.05, 4.69) is 5.84 Å². The van der Waals surface area contributed by atoms with E-state index in [1.807, 2.05) is 0 Å². The Hall–Kier alpha value is -1.40. The summed E-state index contributed by atoms with van der Waals surface area (Å²) in [4.78, 5) is 16.7. The molecular formula is H3N3O4. The van der Waals surface area contributed by atoms with E-state index >= 15 is 0 Å². The summed E-state index contributed by atoms with van der Waals surface area (Å²) in [7, 11) is 0. The molecule has 42 valence electrons. The van der Waals surface area contributed by atoms with Gasteiger partial charge in [-0.05, 0) is 0 Å². The highest BCUT2D eigenvalue weighted by molar-refractivity contribution is 3.93. The first kappa shape index (κ1) is 9.14. The third-order valence-corrected chi connectivity index (χ3v) is 0. The molecule has 0 aliphatic rings. The van der Waals surface area contributed by atoms with E-state index in [1.165, 1.54) is 0 Å². The molecule has 0 heterocycles. The predicted molar refractivity (Wildman–Crippen MR) is 18.8 cm³/mol. The molecule has 0 amide bonds. The summed E-state index contributed by atoms with van der Waals surface area (Å²) in [6.07, 6.45) is 0. The van der Waals surface area contributed by atoms with Crippen LogP contribution in [0.25, 0.3) is 0 Å². The van der Waals surface area contributed by atoms with Gasteiger partial charge in [0.05, 0.1) is 0 Å². The molecule has 0 saturated carbocycles. The lowest BCUT2D eigenvalue weighted by Gasteiger charge is -1.56. The van der Waals surface area contributed by atoms with E-state index in [1.54, 1.807) is 5.29 Å². The Morgan fingerprint density at radius 2 is 1.86 bits per heavy atom. The molecule has 0 aromatic rings. The number of hydrogen-bond donors (Lipinski definition) is 2. The molecule has 0 aliphatic carbocycles. The quantitative estimate of drug-likeness (QED) is 0.184. The third kappa shape index (κ3) is 15.9. The van der Waals surface area contributed by atoms with E-state index in [0.717, 1.165) is 0 Å². The summed E-state index contributed by atoms with van der Waals surface area (Å²) in [5, 5.41) is 15.4. The largest absolute Gasteiger partial charge is 0.328 e. The number of nitrogens with zero attached hydrogens (tertiary/aromatic N) is 2. The second-order valence-corrected chi connectivity index (χ2v) is 0.343. The van der Waals surface area contributed by atoms with Crippen molar-refractivity contribution in [2.45, 2.75) is 0 Å². The maximum absolute atomic E-state index is 8.36. The topological polar surface area (TPSA) is 119 Å². The van der Waals surface area contributed by atoms with Crippen molar-refractivity contribution in [1.29, 1.82) is 0 Å². The molecule has 0 aromatic carbocycles. The Bertz CT molecular complexity index is 54.0. The van der Waals surface area contributed by atoms with Crippen LogP contribution in [-0.4, -0.2) is 10.3 Å². The third-order valence-electron chi connectivity index (χ3n) is 0. The molecule has 7 nitrogen and oxygen atoms in total. The van der Waals surface area contributed by atoms with Crippen LogP contribution in [0.2, 0.25) is 0 Å². The van der Waals surface area contributed by atoms with Gasteiger partial charge in [0, 0.05) is 5.29 Å². The molecule has 0 atom stereocenters. The van der Waals surface area contributed by atoms with Gasteiger partial charge >= 0.3 is 0 Å². The smallest absolute Gasteiger partial charge is 0.291 e. The molecule has 7 heavy (non-hydrogen) atoms. The molecule has 0 spiro atoms. The first-order valence-electron chi connectivity index (χ1n) is 1.01. The minimum Gasteiger partial charge on any atom is -0.328 e. The van der Waals surface area contributed by atoms with Crippen LogP contribution in [0.5, 0.6) is 0 Å². The Balaban J connectivity index is 0. The zero-order chi connectivity index (χ0) is 6.28. The summed E-state index contributed by atoms with van der Waals surface area (Å²) in [5.41, 5.74) is 0. The molecule has 0 aromatic heterocycles. The lowest BCUT2D eigenvalue weighted by Crippen LogP contribution is -1.81. The van der Waals surface area contributed by atoms with Gasteiger partial charge in [-0.25, -0.2) is 0 Å². The second-order valence-electron chi connectivity index (χ2n) is 0.343. The first-order valence-corrected chi connectivity index (χ1v) is 1.01. The van der Waals surface area contributed by atoms with Crippen molar-refractivity contribution in [2.24, 2.45) is 11.1 Å². The van der Waals surface area contributed by atoms with Crippen LogP contribution in [-0.2, 0) is 0 Å². The average Bonchev–Trinajstić information content (AvgIpc) is 1.33. The summed E-state index contributed by atoms with van der Waals surface area (Å²) in [6, 6.07) is 0. The van der Waals surface area contributed by atoms with Gasteiger partial charge in [-0.3, -0.25) is 5.84 Å². The molecule has 0 unspecified atom stereocenters.